The van der Waals surface area contributed by atoms with Gasteiger partial charge in [-0.2, -0.15) is 0 Å². The molecule has 1 aromatic carbocycles. The predicted molar refractivity (Wildman–Crippen MR) is 111 cm³/mol. The largest absolute Gasteiger partial charge is 0.462 e. The van der Waals surface area contributed by atoms with Crippen LogP contribution in [0.5, 0.6) is 0 Å². The predicted octanol–water partition coefficient (Wildman–Crippen LogP) is 4.94. The van der Waals surface area contributed by atoms with Crippen LogP contribution in [0.2, 0.25) is 0 Å². The number of amidine groups is 1. The van der Waals surface area contributed by atoms with Crippen molar-refractivity contribution in [3.63, 3.8) is 0 Å². The molecule has 0 radical (unpaired) electrons. The average Bonchev–Trinajstić information content (AvgIpc) is 3.28. The Morgan fingerprint density at radius 1 is 1.26 bits per heavy atom. The van der Waals surface area contributed by atoms with Gasteiger partial charge in [0.1, 0.15) is 0 Å². The molecular weight excluding hydrogens is 380 g/mol. The highest BCUT2D eigenvalue weighted by atomic mass is 32.2. The molecule has 5 nitrogen and oxygen atoms in total. The van der Waals surface area contributed by atoms with E-state index in [2.05, 4.69) is 4.99 Å². The normalized spacial score (nSPS) is 17.1. The summed E-state index contributed by atoms with van der Waals surface area (Å²) in [4.78, 5) is 32.6. The van der Waals surface area contributed by atoms with E-state index >= 15 is 0 Å². The second-order valence-corrected chi connectivity index (χ2v) is 7.74. The van der Waals surface area contributed by atoms with Crippen molar-refractivity contribution in [2.45, 2.75) is 20.3 Å². The second-order valence-electron chi connectivity index (χ2n) is 5.76. The van der Waals surface area contributed by atoms with Crippen LogP contribution in [-0.4, -0.2) is 35.1 Å². The molecule has 2 aromatic rings. The first-order valence-electron chi connectivity index (χ1n) is 8.73. The van der Waals surface area contributed by atoms with E-state index in [4.69, 9.17) is 4.74 Å². The first-order valence-corrected chi connectivity index (χ1v) is 10.4. The molecule has 1 aromatic heterocycles. The highest BCUT2D eigenvalue weighted by molar-refractivity contribution is 8.18. The number of ether oxygens (including phenoxy) is 1. The maximum atomic E-state index is 12.6. The molecule has 0 spiro atoms. The van der Waals surface area contributed by atoms with Gasteiger partial charge in [0.05, 0.1) is 22.8 Å². The molecule has 1 aliphatic heterocycles. The van der Waals surface area contributed by atoms with Crippen molar-refractivity contribution in [1.29, 1.82) is 0 Å². The molecule has 27 heavy (non-hydrogen) atoms. The Morgan fingerprint density at radius 2 is 2.11 bits per heavy atom. The summed E-state index contributed by atoms with van der Waals surface area (Å²) in [7, 11) is 0. The van der Waals surface area contributed by atoms with Gasteiger partial charge in [-0.25, -0.2) is 9.79 Å². The van der Waals surface area contributed by atoms with E-state index < -0.39 is 0 Å². The number of carbonyl (C=O) groups is 2. The fourth-order valence-electron chi connectivity index (χ4n) is 2.46. The Labute approximate surface area is 166 Å². The van der Waals surface area contributed by atoms with Gasteiger partial charge < -0.3 is 4.74 Å². The highest BCUT2D eigenvalue weighted by Crippen LogP contribution is 2.34. The second kappa shape index (κ2) is 9.01. The molecule has 0 bridgehead atoms. The van der Waals surface area contributed by atoms with Crippen LogP contribution in [0.15, 0.2) is 51.7 Å². The topological polar surface area (TPSA) is 59.0 Å². The zero-order chi connectivity index (χ0) is 19.2. The van der Waals surface area contributed by atoms with Crippen molar-refractivity contribution in [3.05, 3.63) is 57.1 Å². The van der Waals surface area contributed by atoms with E-state index in [1.807, 2.05) is 43.5 Å². The molecule has 0 N–H and O–H groups in total. The number of aliphatic imine (C=N–C) groups is 1. The number of hydrogen-bond donors (Lipinski definition) is 0. The van der Waals surface area contributed by atoms with Crippen LogP contribution < -0.4 is 0 Å². The number of thiophene rings is 1. The van der Waals surface area contributed by atoms with Crippen LogP contribution in [0.25, 0.3) is 6.08 Å². The Kier molecular flexibility index (Phi) is 6.47. The average molecular weight is 401 g/mol. The maximum Gasteiger partial charge on any atom is 0.338 e. The van der Waals surface area contributed by atoms with Crippen molar-refractivity contribution in [2.24, 2.45) is 4.99 Å². The molecule has 1 amide bonds. The zero-order valence-electron chi connectivity index (χ0n) is 15.2. The zero-order valence-corrected chi connectivity index (χ0v) is 16.8. The van der Waals surface area contributed by atoms with Crippen molar-refractivity contribution < 1.29 is 14.3 Å². The van der Waals surface area contributed by atoms with E-state index in [-0.39, 0.29) is 11.9 Å². The smallest absolute Gasteiger partial charge is 0.338 e. The minimum absolute atomic E-state index is 0.0480. The molecule has 1 fully saturated rings. The third-order valence-electron chi connectivity index (χ3n) is 3.76. The molecule has 0 saturated carbocycles. The summed E-state index contributed by atoms with van der Waals surface area (Å²) in [6, 6.07) is 10.9. The van der Waals surface area contributed by atoms with E-state index in [1.165, 1.54) is 11.8 Å². The number of nitrogens with zero attached hydrogens (tertiary/aromatic N) is 2. The fraction of sp³-hybridized carbons (Fsp3) is 0.250. The Morgan fingerprint density at radius 3 is 2.81 bits per heavy atom. The lowest BCUT2D eigenvalue weighted by Gasteiger charge is -2.12. The van der Waals surface area contributed by atoms with E-state index in [9.17, 15) is 9.59 Å². The van der Waals surface area contributed by atoms with Crippen LogP contribution >= 0.6 is 23.1 Å². The molecule has 140 valence electrons. The van der Waals surface area contributed by atoms with Crippen LogP contribution in [0.1, 0.15) is 35.5 Å². The SMILES string of the molecule is CCCOC(=O)c1cccc(N=C2S/C(=C/c3cccs3)C(=O)N2CC)c1. The number of amides is 1. The molecule has 0 atom stereocenters. The number of benzene rings is 1. The van der Waals surface area contributed by atoms with Gasteiger partial charge in [0, 0.05) is 11.4 Å². The molecule has 3 rings (SSSR count). The lowest BCUT2D eigenvalue weighted by atomic mass is 10.2. The summed E-state index contributed by atoms with van der Waals surface area (Å²) < 4.78 is 5.17. The van der Waals surface area contributed by atoms with E-state index in [0.717, 1.165) is 11.3 Å². The number of thioether (sulfide) groups is 1. The molecule has 0 unspecified atom stereocenters. The standard InChI is InChI=1S/C20H20N2O3S2/c1-3-10-25-19(24)14-7-5-8-15(12-14)21-20-22(4-2)18(23)17(27-20)13-16-9-6-11-26-16/h5-9,11-13H,3-4,10H2,1-2H3/b17-13+,21-20?. The van der Waals surface area contributed by atoms with Gasteiger partial charge >= 0.3 is 5.97 Å². The molecule has 7 heteroatoms. The summed E-state index contributed by atoms with van der Waals surface area (Å²) in [5.74, 6) is -0.409. The highest BCUT2D eigenvalue weighted by Gasteiger charge is 2.32. The number of likely N-dealkylation sites (N-methyl/N-ethyl adjacent to an activating group) is 1. The minimum atomic E-state index is -0.361. The van der Waals surface area contributed by atoms with Gasteiger partial charge in [0.15, 0.2) is 5.17 Å². The Bertz CT molecular complexity index is 888. The van der Waals surface area contributed by atoms with Gasteiger partial charge in [0.2, 0.25) is 0 Å². The molecule has 2 heterocycles. The number of carbonyl (C=O) groups excluding carboxylic acids is 2. The van der Waals surface area contributed by atoms with Crippen LogP contribution in [-0.2, 0) is 9.53 Å². The summed E-state index contributed by atoms with van der Waals surface area (Å²) in [6.45, 7) is 4.79. The summed E-state index contributed by atoms with van der Waals surface area (Å²) >= 11 is 2.94. The third-order valence-corrected chi connectivity index (χ3v) is 5.59. The maximum absolute atomic E-state index is 12.6. The summed E-state index contributed by atoms with van der Waals surface area (Å²) in [5, 5.41) is 2.59. The minimum Gasteiger partial charge on any atom is -0.462 e. The molecule has 1 saturated heterocycles. The quantitative estimate of drug-likeness (QED) is 0.509. The Balaban J connectivity index is 1.85. The van der Waals surface area contributed by atoms with E-state index in [0.29, 0.717) is 34.5 Å². The van der Waals surface area contributed by atoms with Gasteiger partial charge in [-0.05, 0) is 60.8 Å². The molecule has 0 aliphatic carbocycles. The van der Waals surface area contributed by atoms with Crippen LogP contribution in [0, 0.1) is 0 Å². The van der Waals surface area contributed by atoms with Crippen molar-refractivity contribution in [1.82, 2.24) is 4.90 Å². The van der Waals surface area contributed by atoms with Crippen molar-refractivity contribution in [2.75, 3.05) is 13.2 Å². The fourth-order valence-corrected chi connectivity index (χ4v) is 4.25. The first-order chi connectivity index (χ1) is 13.1. The molecular formula is C20H20N2O3S2. The Hall–Kier alpha value is -2.38. The number of hydrogen-bond acceptors (Lipinski definition) is 6. The number of esters is 1. The lowest BCUT2D eigenvalue weighted by Crippen LogP contribution is -2.28. The van der Waals surface area contributed by atoms with Crippen LogP contribution in [0.3, 0.4) is 0 Å². The monoisotopic (exact) mass is 400 g/mol. The van der Waals surface area contributed by atoms with Gasteiger partial charge in [-0.15, -0.1) is 11.3 Å². The van der Waals surface area contributed by atoms with E-state index in [1.54, 1.807) is 34.4 Å². The summed E-state index contributed by atoms with van der Waals surface area (Å²) in [5.41, 5.74) is 1.07. The van der Waals surface area contributed by atoms with Crippen LogP contribution in [0.4, 0.5) is 5.69 Å². The van der Waals surface area contributed by atoms with Gasteiger partial charge in [0.25, 0.3) is 5.91 Å². The first kappa shape index (κ1) is 19.4. The summed E-state index contributed by atoms with van der Waals surface area (Å²) in [6.07, 6.45) is 2.67. The number of rotatable bonds is 6. The molecule has 1 aliphatic rings. The van der Waals surface area contributed by atoms with Gasteiger partial charge in [-0.1, -0.05) is 19.1 Å². The van der Waals surface area contributed by atoms with Crippen molar-refractivity contribution >= 4 is 51.9 Å². The van der Waals surface area contributed by atoms with Gasteiger partial charge in [-0.3, -0.25) is 9.69 Å². The van der Waals surface area contributed by atoms with Crippen molar-refractivity contribution in [3.8, 4) is 0 Å². The third kappa shape index (κ3) is 4.67. The lowest BCUT2D eigenvalue weighted by molar-refractivity contribution is -0.122.